The Morgan fingerprint density at radius 1 is 1.14 bits per heavy atom. The van der Waals surface area contributed by atoms with Crippen molar-refractivity contribution in [2.45, 2.75) is 52.2 Å². The second-order valence-electron chi connectivity index (χ2n) is 10.3. The minimum Gasteiger partial charge on any atom is -0.490 e. The Morgan fingerprint density at radius 2 is 1.84 bits per heavy atom. The van der Waals surface area contributed by atoms with Crippen LogP contribution < -0.4 is 10.3 Å². The number of carbonyl (C=O) groups excluding carboxylic acids is 1. The zero-order valence-electron chi connectivity index (χ0n) is 21.7. The smallest absolute Gasteiger partial charge is 0.410 e. The van der Waals surface area contributed by atoms with Gasteiger partial charge < -0.3 is 18.9 Å². The summed E-state index contributed by atoms with van der Waals surface area (Å²) in [7, 11) is 0. The number of ether oxygens (including phenoxy) is 2. The average molecular weight is 509 g/mol. The van der Waals surface area contributed by atoms with Crippen molar-refractivity contribution in [3.63, 3.8) is 0 Å². The van der Waals surface area contributed by atoms with Gasteiger partial charge in [0.2, 0.25) is 0 Å². The van der Waals surface area contributed by atoms with Crippen molar-refractivity contribution in [2.24, 2.45) is 5.92 Å². The number of piperidine rings is 1. The molecule has 1 aliphatic rings. The molecule has 1 saturated heterocycles. The molecular weight excluding hydrogens is 475 g/mol. The van der Waals surface area contributed by atoms with E-state index in [1.165, 1.54) is 10.6 Å². The zero-order chi connectivity index (χ0) is 26.6. The second-order valence-corrected chi connectivity index (χ2v) is 10.3. The normalized spacial score (nSPS) is 15.3. The van der Waals surface area contributed by atoms with E-state index in [9.17, 15) is 14.0 Å². The highest BCUT2D eigenvalue weighted by Crippen LogP contribution is 2.24. The van der Waals surface area contributed by atoms with Crippen molar-refractivity contribution in [3.05, 3.63) is 76.7 Å². The van der Waals surface area contributed by atoms with Crippen LogP contribution in [0.2, 0.25) is 0 Å². The molecule has 1 amide bonds. The van der Waals surface area contributed by atoms with Crippen LogP contribution in [0.25, 0.3) is 11.4 Å². The summed E-state index contributed by atoms with van der Waals surface area (Å²) in [5, 5.41) is 0. The van der Waals surface area contributed by atoms with E-state index in [4.69, 9.17) is 9.47 Å². The van der Waals surface area contributed by atoms with E-state index in [0.29, 0.717) is 37.2 Å². The molecule has 37 heavy (non-hydrogen) atoms. The van der Waals surface area contributed by atoms with Gasteiger partial charge in [0, 0.05) is 24.8 Å². The van der Waals surface area contributed by atoms with Gasteiger partial charge in [-0.05, 0) is 70.2 Å². The van der Waals surface area contributed by atoms with E-state index in [2.05, 4.69) is 9.97 Å². The molecule has 0 bridgehead atoms. The maximum atomic E-state index is 13.7. The van der Waals surface area contributed by atoms with Crippen LogP contribution in [0.1, 0.15) is 52.1 Å². The van der Waals surface area contributed by atoms with E-state index in [1.54, 1.807) is 23.5 Å². The number of likely N-dealkylation sites (tertiary alicyclic amines) is 1. The first kappa shape index (κ1) is 26.3. The van der Waals surface area contributed by atoms with Crippen molar-refractivity contribution >= 4 is 6.09 Å². The molecule has 4 rings (SSSR count). The minimum absolute atomic E-state index is 0.266. The molecule has 1 aliphatic heterocycles. The predicted octanol–water partition coefficient (Wildman–Crippen LogP) is 5.08. The zero-order valence-corrected chi connectivity index (χ0v) is 21.7. The summed E-state index contributed by atoms with van der Waals surface area (Å²) in [4.78, 5) is 35.1. The molecule has 2 aromatic heterocycles. The molecule has 1 atom stereocenters. The average Bonchev–Trinajstić information content (AvgIpc) is 2.88. The first-order valence-corrected chi connectivity index (χ1v) is 12.5. The number of aromatic nitrogens is 3. The van der Waals surface area contributed by atoms with Crippen LogP contribution in [0.5, 0.6) is 5.75 Å². The number of carbonyl (C=O) groups is 1. The Hall–Kier alpha value is -3.75. The monoisotopic (exact) mass is 508 g/mol. The van der Waals surface area contributed by atoms with Crippen LogP contribution in [0.4, 0.5) is 9.18 Å². The Kier molecular flexibility index (Phi) is 7.90. The van der Waals surface area contributed by atoms with Crippen LogP contribution in [-0.2, 0) is 4.74 Å². The third-order valence-corrected chi connectivity index (χ3v) is 6.35. The number of amides is 1. The summed E-state index contributed by atoms with van der Waals surface area (Å²) in [5.74, 6) is 0.661. The van der Waals surface area contributed by atoms with Crippen LogP contribution in [0.3, 0.4) is 0 Å². The number of rotatable bonds is 6. The number of hydrogen-bond acceptors (Lipinski definition) is 6. The van der Waals surface area contributed by atoms with E-state index < -0.39 is 17.0 Å². The van der Waals surface area contributed by atoms with Gasteiger partial charge in [0.15, 0.2) is 17.4 Å². The van der Waals surface area contributed by atoms with Gasteiger partial charge in [0.25, 0.3) is 5.56 Å². The Balaban J connectivity index is 1.33. The summed E-state index contributed by atoms with van der Waals surface area (Å²) >= 11 is 0. The van der Waals surface area contributed by atoms with Crippen molar-refractivity contribution < 1.29 is 18.7 Å². The number of nitrogens with zero attached hydrogens (tertiary/aromatic N) is 4. The molecule has 0 N–H and O–H groups in total. The lowest BCUT2D eigenvalue weighted by molar-refractivity contribution is 0.0165. The fraction of sp³-hybridized carbons (Fsp3) is 0.429. The molecule has 0 spiro atoms. The summed E-state index contributed by atoms with van der Waals surface area (Å²) in [6.07, 6.45) is 6.29. The molecule has 3 aromatic rings. The minimum atomic E-state index is -0.780. The van der Waals surface area contributed by atoms with E-state index in [1.807, 2.05) is 52.0 Å². The molecule has 196 valence electrons. The molecule has 0 unspecified atom stereocenters. The molecule has 0 saturated carbocycles. The van der Waals surface area contributed by atoms with Crippen molar-refractivity contribution in [1.29, 1.82) is 0 Å². The molecule has 0 aliphatic carbocycles. The van der Waals surface area contributed by atoms with Gasteiger partial charge in [-0.1, -0.05) is 18.2 Å². The fourth-order valence-electron chi connectivity index (χ4n) is 4.25. The molecule has 0 radical (unpaired) electrons. The molecule has 1 aromatic carbocycles. The first-order chi connectivity index (χ1) is 17.6. The van der Waals surface area contributed by atoms with Crippen molar-refractivity contribution in [1.82, 2.24) is 19.4 Å². The van der Waals surface area contributed by atoms with Gasteiger partial charge in [-0.2, -0.15) is 0 Å². The van der Waals surface area contributed by atoms with Gasteiger partial charge >= 0.3 is 6.09 Å². The lowest BCUT2D eigenvalue weighted by atomic mass is 9.98. The van der Waals surface area contributed by atoms with Gasteiger partial charge in [-0.15, -0.1) is 0 Å². The van der Waals surface area contributed by atoms with Crippen molar-refractivity contribution in [3.8, 4) is 17.1 Å². The predicted molar refractivity (Wildman–Crippen MR) is 138 cm³/mol. The Morgan fingerprint density at radius 3 is 2.51 bits per heavy atom. The summed E-state index contributed by atoms with van der Waals surface area (Å²) in [5.41, 5.74) is 0.471. The summed E-state index contributed by atoms with van der Waals surface area (Å²) in [6.45, 7) is 9.27. The number of halogens is 1. The van der Waals surface area contributed by atoms with Gasteiger partial charge in [0.1, 0.15) is 5.60 Å². The third-order valence-electron chi connectivity index (χ3n) is 6.35. The number of benzene rings is 1. The molecule has 8 nitrogen and oxygen atoms in total. The fourth-order valence-corrected chi connectivity index (χ4v) is 4.25. The SMILES string of the molecule is C[C@H](c1cccc(-c2ncc(OCC3CCN(C(=O)OC(C)(C)C)CC3)cn2)c1)n1cccc(F)c1=O. The lowest BCUT2D eigenvalue weighted by Crippen LogP contribution is -2.42. The van der Waals surface area contributed by atoms with Crippen LogP contribution >= 0.6 is 0 Å². The summed E-state index contributed by atoms with van der Waals surface area (Å²) in [6, 6.07) is 9.86. The first-order valence-electron chi connectivity index (χ1n) is 12.5. The van der Waals surface area contributed by atoms with Gasteiger partial charge in [0.05, 0.1) is 25.0 Å². The Bertz CT molecular complexity index is 1280. The van der Waals surface area contributed by atoms with Crippen LogP contribution in [0.15, 0.2) is 59.8 Å². The molecule has 1 fully saturated rings. The van der Waals surface area contributed by atoms with Crippen molar-refractivity contribution in [2.75, 3.05) is 19.7 Å². The number of pyridine rings is 1. The molecule has 3 heterocycles. The molecule has 9 heteroatoms. The quantitative estimate of drug-likeness (QED) is 0.462. The lowest BCUT2D eigenvalue weighted by Gasteiger charge is -2.33. The van der Waals surface area contributed by atoms with E-state index in [-0.39, 0.29) is 12.1 Å². The maximum Gasteiger partial charge on any atom is 0.410 e. The van der Waals surface area contributed by atoms with Crippen LogP contribution in [-0.4, -0.2) is 50.8 Å². The molecular formula is C28H33FN4O4. The van der Waals surface area contributed by atoms with E-state index >= 15 is 0 Å². The maximum absolute atomic E-state index is 13.7. The largest absolute Gasteiger partial charge is 0.490 e. The highest BCUT2D eigenvalue weighted by atomic mass is 19.1. The third kappa shape index (κ3) is 6.72. The Labute approximate surface area is 216 Å². The highest BCUT2D eigenvalue weighted by molar-refractivity contribution is 5.68. The second kappa shape index (κ2) is 11.1. The summed E-state index contributed by atoms with van der Waals surface area (Å²) < 4.78 is 26.5. The van der Waals surface area contributed by atoms with Gasteiger partial charge in [-0.3, -0.25) is 4.79 Å². The van der Waals surface area contributed by atoms with Crippen LogP contribution in [0, 0.1) is 11.7 Å². The standard InChI is InChI=1S/C28H33FN4O4/c1-19(33-12-6-9-24(29)26(33)34)21-7-5-8-22(15-21)25-30-16-23(17-31-25)36-18-20-10-13-32(14-11-20)27(35)37-28(2,3)4/h5-9,12,15-17,19-20H,10-11,13-14,18H2,1-4H3/t19-/m1/s1. The number of hydrogen-bond donors (Lipinski definition) is 0. The van der Waals surface area contributed by atoms with E-state index in [0.717, 1.165) is 30.0 Å². The highest BCUT2D eigenvalue weighted by Gasteiger charge is 2.27. The topological polar surface area (TPSA) is 86.5 Å². The van der Waals surface area contributed by atoms with Gasteiger partial charge in [-0.25, -0.2) is 19.2 Å².